The first kappa shape index (κ1) is 34.4. The summed E-state index contributed by atoms with van der Waals surface area (Å²) in [5, 5.41) is 14.4. The maximum Gasteiger partial charge on any atom is 0.325 e. The third kappa shape index (κ3) is 5.83. The summed E-state index contributed by atoms with van der Waals surface area (Å²) in [7, 11) is -2.61. The Hall–Kier alpha value is -4.45. The van der Waals surface area contributed by atoms with Gasteiger partial charge in [-0.1, -0.05) is 19.2 Å². The third-order valence-corrected chi connectivity index (χ3v) is 13.1. The van der Waals surface area contributed by atoms with Gasteiger partial charge in [-0.05, 0) is 79.4 Å². The summed E-state index contributed by atoms with van der Waals surface area (Å²) >= 11 is 0. The number of anilines is 1. The van der Waals surface area contributed by atoms with E-state index >= 15 is 13.2 Å². The molecule has 0 radical (unpaired) electrons. The molecule has 0 saturated carbocycles. The number of ether oxygens (including phenoxy) is 2. The van der Waals surface area contributed by atoms with Gasteiger partial charge in [0.25, 0.3) is 0 Å². The normalized spacial score (nSPS) is 18.6. The van der Waals surface area contributed by atoms with Crippen molar-refractivity contribution in [2.75, 3.05) is 37.7 Å². The smallest absolute Gasteiger partial charge is 0.325 e. The Kier molecular flexibility index (Phi) is 8.75. The number of carbonyl (C=O) groups excluding carboxylic acids is 3. The van der Waals surface area contributed by atoms with Crippen LogP contribution in [0.2, 0.25) is 13.1 Å². The number of halogens is 3. The number of aromatic carboxylic acids is 1. The highest BCUT2D eigenvalue weighted by Crippen LogP contribution is 2.46. The van der Waals surface area contributed by atoms with Gasteiger partial charge < -0.3 is 24.3 Å². The molecule has 8 nitrogen and oxygen atoms in total. The number of hydrogen-bond donors (Lipinski definition) is 0. The lowest BCUT2D eigenvalue weighted by Gasteiger charge is -2.40. The highest BCUT2D eigenvalue weighted by atomic mass is 28.3. The van der Waals surface area contributed by atoms with Gasteiger partial charge in [0.1, 0.15) is 32.6 Å². The molecule has 6 rings (SSSR count). The molecule has 1 aliphatic carbocycles. The van der Waals surface area contributed by atoms with Crippen molar-refractivity contribution in [1.82, 2.24) is 0 Å². The highest BCUT2D eigenvalue weighted by molar-refractivity contribution is 6.98. The molecule has 2 fully saturated rings. The minimum absolute atomic E-state index is 0.00536. The maximum atomic E-state index is 17.3. The summed E-state index contributed by atoms with van der Waals surface area (Å²) in [5.41, 5.74) is -1.85. The number of fused-ring (bicyclic) bond motifs is 2. The Labute approximate surface area is 284 Å². The molecule has 4 aliphatic rings. The molecule has 2 saturated heterocycles. The summed E-state index contributed by atoms with van der Waals surface area (Å²) in [4.78, 5) is 41.5. The molecule has 2 aromatic carbocycles. The molecular weight excluding hydrogens is 653 g/mol. The second-order valence-electron chi connectivity index (χ2n) is 14.3. The zero-order chi connectivity index (χ0) is 35.6. The number of carboxylic acids is 1. The van der Waals surface area contributed by atoms with E-state index in [1.165, 1.54) is 27.7 Å². The molecule has 258 valence electrons. The Balaban J connectivity index is 1.71. The van der Waals surface area contributed by atoms with Crippen LogP contribution < -0.4 is 15.2 Å². The van der Waals surface area contributed by atoms with E-state index in [9.17, 15) is 19.5 Å². The van der Waals surface area contributed by atoms with Crippen LogP contribution in [0.5, 0.6) is 0 Å². The zero-order valence-corrected chi connectivity index (χ0v) is 29.5. The molecule has 0 N–H and O–H groups in total. The van der Waals surface area contributed by atoms with Crippen molar-refractivity contribution >= 4 is 48.1 Å². The van der Waals surface area contributed by atoms with E-state index in [4.69, 9.17) is 9.47 Å². The first-order chi connectivity index (χ1) is 23.1. The summed E-state index contributed by atoms with van der Waals surface area (Å²) in [5.74, 6) is -12.9. The van der Waals surface area contributed by atoms with E-state index in [2.05, 4.69) is 22.6 Å². The highest BCUT2D eigenvalue weighted by Gasteiger charge is 2.46. The Morgan fingerprint density at radius 2 is 1.69 bits per heavy atom. The van der Waals surface area contributed by atoms with Crippen LogP contribution in [0.4, 0.5) is 18.9 Å². The maximum absolute atomic E-state index is 17.3. The number of rotatable bonds is 7. The number of allylic oxidation sites excluding steroid dienone is 5. The van der Waals surface area contributed by atoms with E-state index in [0.29, 0.717) is 11.1 Å². The average Bonchev–Trinajstić information content (AvgIpc) is 2.95. The largest absolute Gasteiger partial charge is 0.545 e. The van der Waals surface area contributed by atoms with Gasteiger partial charge in [0.15, 0.2) is 23.3 Å². The standard InChI is InChI=1S/C37H39F3N2O6Si/c1-7-47-35(45)30(36(46)48-37(2,3)4)28-31(38)27(29(34(43)44)33(40)32(28)39)26-22-12-10-20(41-14-8-15-41)18-24(22)49(5,6)25-19-21(11-13-23(25)26)42-16-9-17-42/h10-13,18-19,30H,7-9,14-17H2,1-6H3. The predicted octanol–water partition coefficient (Wildman–Crippen LogP) is 4.29. The van der Waals surface area contributed by atoms with Crippen LogP contribution in [-0.2, 0) is 19.1 Å². The molecule has 1 unspecified atom stereocenters. The first-order valence-corrected chi connectivity index (χ1v) is 19.5. The number of benzene rings is 2. The lowest BCUT2D eigenvalue weighted by atomic mass is 9.83. The van der Waals surface area contributed by atoms with E-state index in [0.717, 1.165) is 60.8 Å². The van der Waals surface area contributed by atoms with Crippen molar-refractivity contribution in [3.05, 3.63) is 86.9 Å². The molecule has 1 atom stereocenters. The number of carbonyl (C=O) groups is 3. The molecule has 0 bridgehead atoms. The van der Waals surface area contributed by atoms with Crippen LogP contribution in [0, 0.1) is 17.5 Å². The van der Waals surface area contributed by atoms with Crippen LogP contribution in [0.25, 0.3) is 5.57 Å². The zero-order valence-electron chi connectivity index (χ0n) is 28.5. The Morgan fingerprint density at radius 1 is 1.00 bits per heavy atom. The van der Waals surface area contributed by atoms with Crippen LogP contribution >= 0.6 is 0 Å². The number of hydrogen-bond acceptors (Lipinski definition) is 7. The minimum atomic E-state index is -2.61. The molecule has 0 amide bonds. The summed E-state index contributed by atoms with van der Waals surface area (Å²) in [6, 6.07) is 5.64. The Morgan fingerprint density at radius 3 is 2.24 bits per heavy atom. The van der Waals surface area contributed by atoms with Crippen LogP contribution in [0.3, 0.4) is 0 Å². The van der Waals surface area contributed by atoms with E-state index in [1.54, 1.807) is 12.1 Å². The van der Waals surface area contributed by atoms with E-state index < -0.39 is 71.6 Å². The van der Waals surface area contributed by atoms with E-state index in [-0.39, 0.29) is 12.2 Å². The Bertz CT molecular complexity index is 1930. The SMILES string of the molecule is CCOC(=O)C(C(=O)OC(C)(C)C)c1c(F)c(F)c(C(=O)[O-])c(C2=C3C=CC(=[N+]4CCC4)C=C3[Si](C)(C)c3cc(N4CCC4)ccc32)c1F. The van der Waals surface area contributed by atoms with Crippen LogP contribution in [0.1, 0.15) is 73.5 Å². The van der Waals surface area contributed by atoms with Gasteiger partial charge in [0, 0.05) is 42.1 Å². The predicted molar refractivity (Wildman–Crippen MR) is 179 cm³/mol. The summed E-state index contributed by atoms with van der Waals surface area (Å²) < 4.78 is 62.1. The van der Waals surface area contributed by atoms with Gasteiger partial charge in [0.2, 0.25) is 0 Å². The van der Waals surface area contributed by atoms with Crippen molar-refractivity contribution in [3.63, 3.8) is 0 Å². The van der Waals surface area contributed by atoms with Crippen LogP contribution in [-0.4, -0.2) is 74.7 Å². The minimum Gasteiger partial charge on any atom is -0.545 e. The molecule has 12 heteroatoms. The van der Waals surface area contributed by atoms with Gasteiger partial charge >= 0.3 is 11.9 Å². The van der Waals surface area contributed by atoms with Crippen molar-refractivity contribution in [1.29, 1.82) is 0 Å². The fourth-order valence-corrected chi connectivity index (χ4v) is 9.98. The van der Waals surface area contributed by atoms with Crippen molar-refractivity contribution in [2.24, 2.45) is 0 Å². The number of nitrogens with zero attached hydrogens (tertiary/aromatic N) is 2. The van der Waals surface area contributed by atoms with Gasteiger partial charge in [-0.3, -0.25) is 9.59 Å². The van der Waals surface area contributed by atoms with Crippen molar-refractivity contribution < 1.29 is 46.7 Å². The lowest BCUT2D eigenvalue weighted by molar-refractivity contribution is -0.582. The van der Waals surface area contributed by atoms with Crippen molar-refractivity contribution in [2.45, 2.75) is 65.1 Å². The molecule has 3 aliphatic heterocycles. The molecule has 49 heavy (non-hydrogen) atoms. The van der Waals surface area contributed by atoms with Gasteiger partial charge in [0.05, 0.1) is 24.6 Å². The van der Waals surface area contributed by atoms with Gasteiger partial charge in [-0.15, -0.1) is 0 Å². The summed E-state index contributed by atoms with van der Waals surface area (Å²) in [6.07, 6.45) is 7.71. The molecule has 2 aromatic rings. The fourth-order valence-electron chi connectivity index (χ4n) is 6.91. The summed E-state index contributed by atoms with van der Waals surface area (Å²) in [6.45, 7) is 13.4. The molecule has 0 aromatic heterocycles. The fraction of sp³-hybridized carbons (Fsp3) is 0.405. The van der Waals surface area contributed by atoms with Gasteiger partial charge in [-0.25, -0.2) is 17.7 Å². The second kappa shape index (κ2) is 12.5. The topological polar surface area (TPSA) is 99.0 Å². The number of esters is 2. The van der Waals surface area contributed by atoms with Crippen molar-refractivity contribution in [3.8, 4) is 0 Å². The number of carboxylic acid groups (broad SMARTS) is 1. The quantitative estimate of drug-likeness (QED) is 0.141. The average molecular weight is 693 g/mol. The lowest BCUT2D eigenvalue weighted by Crippen LogP contribution is -2.50. The molecule has 0 spiro atoms. The second-order valence-corrected chi connectivity index (χ2v) is 18.6. The monoisotopic (exact) mass is 692 g/mol. The first-order valence-electron chi connectivity index (χ1n) is 16.5. The third-order valence-electron chi connectivity index (χ3n) is 9.60. The molecular formula is C37H39F3N2O6Si. The van der Waals surface area contributed by atoms with E-state index in [1.807, 2.05) is 24.3 Å². The van der Waals surface area contributed by atoms with Crippen LogP contribution in [0.15, 0.2) is 47.2 Å². The molecule has 3 heterocycles. The van der Waals surface area contributed by atoms with Gasteiger partial charge in [-0.2, -0.15) is 0 Å².